The number of aryl methyl sites for hydroxylation is 1. The van der Waals surface area contributed by atoms with Gasteiger partial charge in [-0.2, -0.15) is 0 Å². The van der Waals surface area contributed by atoms with Crippen molar-refractivity contribution in [2.24, 2.45) is 0 Å². The van der Waals surface area contributed by atoms with Crippen LogP contribution in [-0.2, 0) is 0 Å². The van der Waals surface area contributed by atoms with Crippen molar-refractivity contribution in [1.82, 2.24) is 9.97 Å². The van der Waals surface area contributed by atoms with Crippen LogP contribution < -0.4 is 15.0 Å². The van der Waals surface area contributed by atoms with Crippen molar-refractivity contribution in [1.29, 1.82) is 0 Å². The summed E-state index contributed by atoms with van der Waals surface area (Å²) in [5, 5.41) is 2.92. The van der Waals surface area contributed by atoms with E-state index in [1.165, 1.54) is 6.42 Å². The number of rotatable bonds is 6. The van der Waals surface area contributed by atoms with E-state index in [4.69, 9.17) is 4.74 Å². The Morgan fingerprint density at radius 1 is 1.26 bits per heavy atom. The number of aromatic nitrogens is 2. The number of benzene rings is 1. The number of amides is 1. The van der Waals surface area contributed by atoms with Crippen molar-refractivity contribution < 1.29 is 9.53 Å². The number of ether oxygens (including phenoxy) is 1. The molecule has 1 unspecified atom stereocenters. The van der Waals surface area contributed by atoms with Gasteiger partial charge in [0.2, 0.25) is 5.95 Å². The lowest BCUT2D eigenvalue weighted by Gasteiger charge is -2.35. The van der Waals surface area contributed by atoms with Gasteiger partial charge in [-0.3, -0.25) is 4.79 Å². The maximum Gasteiger partial charge on any atom is 0.274 e. The van der Waals surface area contributed by atoms with Crippen LogP contribution in [-0.4, -0.2) is 35.1 Å². The third kappa shape index (κ3) is 4.56. The van der Waals surface area contributed by atoms with E-state index in [-0.39, 0.29) is 5.91 Å². The molecule has 1 aliphatic rings. The Hall–Kier alpha value is -2.63. The number of nitrogens with zero attached hydrogens (tertiary/aromatic N) is 3. The Bertz CT molecular complexity index is 794. The summed E-state index contributed by atoms with van der Waals surface area (Å²) in [6.45, 7) is 7.49. The molecule has 1 aromatic carbocycles. The topological polar surface area (TPSA) is 67.3 Å². The number of para-hydroxylation sites is 2. The second-order valence-corrected chi connectivity index (χ2v) is 6.83. The molecule has 1 atom stereocenters. The molecule has 3 rings (SSSR count). The summed E-state index contributed by atoms with van der Waals surface area (Å²) in [5.41, 5.74) is 1.82. The van der Waals surface area contributed by atoms with Crippen molar-refractivity contribution in [3.63, 3.8) is 0 Å². The maximum absolute atomic E-state index is 12.8. The van der Waals surface area contributed by atoms with Crippen molar-refractivity contribution in [2.45, 2.75) is 52.5 Å². The van der Waals surface area contributed by atoms with E-state index in [1.807, 2.05) is 38.1 Å². The van der Waals surface area contributed by atoms with Gasteiger partial charge in [0.15, 0.2) is 0 Å². The lowest BCUT2D eigenvalue weighted by molar-refractivity contribution is 0.102. The molecule has 2 heterocycles. The van der Waals surface area contributed by atoms with Crippen LogP contribution >= 0.6 is 0 Å². The minimum absolute atomic E-state index is 0.251. The molecule has 1 aromatic heterocycles. The molecule has 6 heteroatoms. The standard InChI is InChI=1S/C21H28N4O2/c1-4-16-10-8-9-13-25(16)21-22-15(3)14-18(24-21)20(26)23-17-11-6-7-12-19(17)27-5-2/h6-7,11-12,14,16H,4-5,8-10,13H2,1-3H3,(H,23,26). The Balaban J connectivity index is 1.84. The maximum atomic E-state index is 12.8. The SMILES string of the molecule is CCOc1ccccc1NC(=O)c1cc(C)nc(N2CCCCC2CC)n1. The number of hydrogen-bond acceptors (Lipinski definition) is 5. The summed E-state index contributed by atoms with van der Waals surface area (Å²) in [6, 6.07) is 9.59. The third-order valence-corrected chi connectivity index (χ3v) is 4.87. The van der Waals surface area contributed by atoms with Crippen LogP contribution in [0.25, 0.3) is 0 Å². The molecule has 1 amide bonds. The van der Waals surface area contributed by atoms with Gasteiger partial charge in [-0.1, -0.05) is 19.1 Å². The smallest absolute Gasteiger partial charge is 0.274 e. The van der Waals surface area contributed by atoms with Crippen LogP contribution in [0.4, 0.5) is 11.6 Å². The van der Waals surface area contributed by atoms with Gasteiger partial charge in [0.05, 0.1) is 12.3 Å². The molecule has 0 radical (unpaired) electrons. The fourth-order valence-corrected chi connectivity index (χ4v) is 3.52. The Morgan fingerprint density at radius 3 is 2.85 bits per heavy atom. The van der Waals surface area contributed by atoms with Crippen LogP contribution in [0.3, 0.4) is 0 Å². The number of nitrogens with one attached hydrogen (secondary N) is 1. The van der Waals surface area contributed by atoms with Gasteiger partial charge >= 0.3 is 0 Å². The molecule has 1 aliphatic heterocycles. The van der Waals surface area contributed by atoms with Crippen LogP contribution in [0.15, 0.2) is 30.3 Å². The van der Waals surface area contributed by atoms with Gasteiger partial charge in [-0.25, -0.2) is 9.97 Å². The Kier molecular flexibility index (Phi) is 6.27. The quantitative estimate of drug-likeness (QED) is 0.827. The summed E-state index contributed by atoms with van der Waals surface area (Å²) >= 11 is 0. The fraction of sp³-hybridized carbons (Fsp3) is 0.476. The van der Waals surface area contributed by atoms with Gasteiger partial charge < -0.3 is 15.0 Å². The normalized spacial score (nSPS) is 16.9. The molecule has 1 fully saturated rings. The summed E-state index contributed by atoms with van der Waals surface area (Å²) in [7, 11) is 0. The fourth-order valence-electron chi connectivity index (χ4n) is 3.52. The highest BCUT2D eigenvalue weighted by Gasteiger charge is 2.24. The summed E-state index contributed by atoms with van der Waals surface area (Å²) in [6.07, 6.45) is 4.58. The Labute approximate surface area is 161 Å². The number of hydrogen-bond donors (Lipinski definition) is 1. The van der Waals surface area contributed by atoms with Crippen molar-refractivity contribution in [3.05, 3.63) is 41.7 Å². The van der Waals surface area contributed by atoms with Crippen LogP contribution in [0.5, 0.6) is 5.75 Å². The first kappa shape index (κ1) is 19.1. The lowest BCUT2D eigenvalue weighted by Crippen LogP contribution is -2.40. The first-order chi connectivity index (χ1) is 13.1. The second kappa shape index (κ2) is 8.84. The molecule has 6 nitrogen and oxygen atoms in total. The zero-order valence-corrected chi connectivity index (χ0v) is 16.4. The molecular weight excluding hydrogens is 340 g/mol. The summed E-state index contributed by atoms with van der Waals surface area (Å²) < 4.78 is 5.59. The van der Waals surface area contributed by atoms with Crippen LogP contribution in [0, 0.1) is 6.92 Å². The first-order valence-electron chi connectivity index (χ1n) is 9.77. The summed E-state index contributed by atoms with van der Waals surface area (Å²) in [5.74, 6) is 1.06. The van der Waals surface area contributed by atoms with Gasteiger partial charge in [0, 0.05) is 18.3 Å². The number of carbonyl (C=O) groups excluding carboxylic acids is 1. The molecule has 0 bridgehead atoms. The average Bonchev–Trinajstić information content (AvgIpc) is 2.69. The zero-order valence-electron chi connectivity index (χ0n) is 16.4. The van der Waals surface area contributed by atoms with Crippen LogP contribution in [0.2, 0.25) is 0 Å². The number of piperidine rings is 1. The number of carbonyl (C=O) groups is 1. The minimum atomic E-state index is -0.251. The van der Waals surface area contributed by atoms with Gasteiger partial charge in [-0.15, -0.1) is 0 Å². The molecule has 0 aliphatic carbocycles. The summed E-state index contributed by atoms with van der Waals surface area (Å²) in [4.78, 5) is 24.3. The molecule has 27 heavy (non-hydrogen) atoms. The first-order valence-corrected chi connectivity index (χ1v) is 9.77. The van der Waals surface area contributed by atoms with E-state index in [1.54, 1.807) is 6.07 Å². The molecular formula is C21H28N4O2. The molecule has 144 valence electrons. The van der Waals surface area contributed by atoms with Gasteiger partial charge in [0.1, 0.15) is 11.4 Å². The highest BCUT2D eigenvalue weighted by Crippen LogP contribution is 2.26. The lowest BCUT2D eigenvalue weighted by atomic mass is 10.0. The second-order valence-electron chi connectivity index (χ2n) is 6.83. The van der Waals surface area contributed by atoms with Crippen LogP contribution in [0.1, 0.15) is 55.7 Å². The van der Waals surface area contributed by atoms with E-state index < -0.39 is 0 Å². The van der Waals surface area contributed by atoms with E-state index in [0.717, 1.165) is 31.5 Å². The van der Waals surface area contributed by atoms with Crippen molar-refractivity contribution >= 4 is 17.5 Å². The van der Waals surface area contributed by atoms with Crippen molar-refractivity contribution in [2.75, 3.05) is 23.4 Å². The highest BCUT2D eigenvalue weighted by molar-refractivity contribution is 6.03. The average molecular weight is 368 g/mol. The molecule has 1 saturated heterocycles. The van der Waals surface area contributed by atoms with Gasteiger partial charge in [-0.05, 0) is 57.7 Å². The Morgan fingerprint density at radius 2 is 2.07 bits per heavy atom. The van der Waals surface area contributed by atoms with E-state index in [9.17, 15) is 4.79 Å². The number of anilines is 2. The third-order valence-electron chi connectivity index (χ3n) is 4.87. The largest absolute Gasteiger partial charge is 0.492 e. The molecule has 2 aromatic rings. The highest BCUT2D eigenvalue weighted by atomic mass is 16.5. The van der Waals surface area contributed by atoms with Gasteiger partial charge in [0.25, 0.3) is 5.91 Å². The molecule has 1 N–H and O–H groups in total. The van der Waals surface area contributed by atoms with E-state index in [2.05, 4.69) is 27.1 Å². The van der Waals surface area contributed by atoms with E-state index in [0.29, 0.717) is 35.7 Å². The predicted octanol–water partition coefficient (Wildman–Crippen LogP) is 4.20. The minimum Gasteiger partial charge on any atom is -0.492 e. The molecule has 0 saturated carbocycles. The van der Waals surface area contributed by atoms with E-state index >= 15 is 0 Å². The molecule has 0 spiro atoms. The van der Waals surface area contributed by atoms with Crippen molar-refractivity contribution in [3.8, 4) is 5.75 Å². The predicted molar refractivity (Wildman–Crippen MR) is 108 cm³/mol. The monoisotopic (exact) mass is 368 g/mol. The zero-order chi connectivity index (χ0) is 19.2.